The van der Waals surface area contributed by atoms with E-state index >= 15 is 0 Å². The maximum atomic E-state index is 10.7. The molecule has 1 aromatic carbocycles. The lowest BCUT2D eigenvalue weighted by Gasteiger charge is -2.25. The summed E-state index contributed by atoms with van der Waals surface area (Å²) in [6.07, 6.45) is 1.11. The van der Waals surface area contributed by atoms with E-state index in [1.807, 2.05) is 18.2 Å². The Hall–Kier alpha value is -1.03. The van der Waals surface area contributed by atoms with Crippen LogP contribution in [0.1, 0.15) is 24.3 Å². The van der Waals surface area contributed by atoms with Gasteiger partial charge in [0, 0.05) is 16.7 Å². The third kappa shape index (κ3) is 2.31. The lowest BCUT2D eigenvalue weighted by molar-refractivity contribution is -0.137. The fourth-order valence-corrected chi connectivity index (χ4v) is 2.36. The number of benzene rings is 1. The van der Waals surface area contributed by atoms with Crippen molar-refractivity contribution in [3.8, 4) is 0 Å². The summed E-state index contributed by atoms with van der Waals surface area (Å²) in [6, 6.07) is 5.96. The highest BCUT2D eigenvalue weighted by atomic mass is 79.9. The first-order valence-electron chi connectivity index (χ1n) is 4.92. The van der Waals surface area contributed by atoms with Crippen molar-refractivity contribution < 1.29 is 9.90 Å². The first-order chi connectivity index (χ1) is 7.16. The SMILES string of the molecule is O=C(O)CC1CCNc2cc(Br)ccc21. The van der Waals surface area contributed by atoms with Gasteiger partial charge in [0.1, 0.15) is 0 Å². The van der Waals surface area contributed by atoms with Crippen LogP contribution in [0.5, 0.6) is 0 Å². The molecule has 0 spiro atoms. The van der Waals surface area contributed by atoms with Crippen LogP contribution in [0.15, 0.2) is 22.7 Å². The Bertz CT molecular complexity index is 392. The van der Waals surface area contributed by atoms with Gasteiger partial charge >= 0.3 is 5.97 Å². The number of nitrogens with one attached hydrogen (secondary N) is 1. The van der Waals surface area contributed by atoms with Crippen LogP contribution in [-0.2, 0) is 4.79 Å². The largest absolute Gasteiger partial charge is 0.481 e. The topological polar surface area (TPSA) is 49.3 Å². The minimum atomic E-state index is -0.726. The van der Waals surface area contributed by atoms with E-state index < -0.39 is 5.97 Å². The van der Waals surface area contributed by atoms with Gasteiger partial charge in [-0.25, -0.2) is 0 Å². The van der Waals surface area contributed by atoms with Gasteiger partial charge in [0.15, 0.2) is 0 Å². The fourth-order valence-electron chi connectivity index (χ4n) is 2.00. The molecule has 0 aliphatic carbocycles. The maximum Gasteiger partial charge on any atom is 0.303 e. The van der Waals surface area contributed by atoms with Crippen molar-refractivity contribution >= 4 is 27.6 Å². The minimum absolute atomic E-state index is 0.145. The van der Waals surface area contributed by atoms with Crippen LogP contribution < -0.4 is 5.32 Å². The van der Waals surface area contributed by atoms with Gasteiger partial charge in [0.2, 0.25) is 0 Å². The van der Waals surface area contributed by atoms with Crippen molar-refractivity contribution in [1.82, 2.24) is 0 Å². The third-order valence-corrected chi connectivity index (χ3v) is 3.18. The molecule has 0 aromatic heterocycles. The molecule has 1 heterocycles. The maximum absolute atomic E-state index is 10.7. The van der Waals surface area contributed by atoms with E-state index in [9.17, 15) is 4.79 Å². The number of carboxylic acid groups (broad SMARTS) is 1. The summed E-state index contributed by atoms with van der Waals surface area (Å²) in [5.74, 6) is -0.581. The Balaban J connectivity index is 2.30. The van der Waals surface area contributed by atoms with Crippen LogP contribution in [0, 0.1) is 0 Å². The average Bonchev–Trinajstić information content (AvgIpc) is 2.16. The monoisotopic (exact) mass is 269 g/mol. The van der Waals surface area contributed by atoms with Crippen LogP contribution in [0.3, 0.4) is 0 Å². The molecule has 1 aliphatic heterocycles. The van der Waals surface area contributed by atoms with E-state index in [0.29, 0.717) is 0 Å². The van der Waals surface area contributed by atoms with Crippen molar-refractivity contribution in [3.63, 3.8) is 0 Å². The second-order valence-corrected chi connectivity index (χ2v) is 4.66. The number of rotatable bonds is 2. The second kappa shape index (κ2) is 4.23. The van der Waals surface area contributed by atoms with Crippen LogP contribution in [-0.4, -0.2) is 17.6 Å². The van der Waals surface area contributed by atoms with E-state index in [1.54, 1.807) is 0 Å². The minimum Gasteiger partial charge on any atom is -0.481 e. The average molecular weight is 270 g/mol. The molecule has 0 radical (unpaired) electrons. The van der Waals surface area contributed by atoms with Crippen molar-refractivity contribution in [3.05, 3.63) is 28.2 Å². The normalized spacial score (nSPS) is 19.1. The van der Waals surface area contributed by atoms with E-state index in [-0.39, 0.29) is 12.3 Å². The van der Waals surface area contributed by atoms with Crippen LogP contribution in [0.2, 0.25) is 0 Å². The molecule has 1 aromatic rings. The quantitative estimate of drug-likeness (QED) is 0.868. The molecule has 80 valence electrons. The highest BCUT2D eigenvalue weighted by Gasteiger charge is 2.22. The molecule has 4 heteroatoms. The molecule has 2 N–H and O–H groups in total. The van der Waals surface area contributed by atoms with E-state index in [2.05, 4.69) is 21.2 Å². The number of carbonyl (C=O) groups is 1. The van der Waals surface area contributed by atoms with E-state index in [1.165, 1.54) is 0 Å². The van der Waals surface area contributed by atoms with Crippen molar-refractivity contribution in [2.24, 2.45) is 0 Å². The molecule has 1 unspecified atom stereocenters. The van der Waals surface area contributed by atoms with Crippen molar-refractivity contribution in [1.29, 1.82) is 0 Å². The zero-order valence-electron chi connectivity index (χ0n) is 8.16. The van der Waals surface area contributed by atoms with Crippen LogP contribution in [0.4, 0.5) is 5.69 Å². The van der Waals surface area contributed by atoms with Gasteiger partial charge in [-0.05, 0) is 30.0 Å². The number of aliphatic carboxylic acids is 1. The third-order valence-electron chi connectivity index (χ3n) is 2.68. The smallest absolute Gasteiger partial charge is 0.303 e. The molecule has 0 saturated carbocycles. The molecule has 1 aliphatic rings. The Morgan fingerprint density at radius 2 is 2.40 bits per heavy atom. The number of hydrogen-bond donors (Lipinski definition) is 2. The molecule has 2 rings (SSSR count). The molecular formula is C11H12BrNO2. The molecule has 1 atom stereocenters. The summed E-state index contributed by atoms with van der Waals surface area (Å²) in [4.78, 5) is 10.7. The van der Waals surface area contributed by atoms with E-state index in [4.69, 9.17) is 5.11 Å². The second-order valence-electron chi connectivity index (χ2n) is 3.74. The van der Waals surface area contributed by atoms with Gasteiger partial charge < -0.3 is 10.4 Å². The van der Waals surface area contributed by atoms with Gasteiger partial charge in [-0.2, -0.15) is 0 Å². The highest BCUT2D eigenvalue weighted by Crippen LogP contribution is 2.35. The zero-order chi connectivity index (χ0) is 10.8. The first-order valence-corrected chi connectivity index (χ1v) is 5.71. The van der Waals surface area contributed by atoms with Gasteiger partial charge in [0.05, 0.1) is 6.42 Å². The molecule has 15 heavy (non-hydrogen) atoms. The molecule has 3 nitrogen and oxygen atoms in total. The van der Waals surface area contributed by atoms with Gasteiger partial charge in [-0.1, -0.05) is 22.0 Å². The number of anilines is 1. The number of fused-ring (bicyclic) bond motifs is 1. The van der Waals surface area contributed by atoms with Crippen LogP contribution >= 0.6 is 15.9 Å². The lowest BCUT2D eigenvalue weighted by atomic mass is 9.88. The Kier molecular flexibility index (Phi) is 2.95. The van der Waals surface area contributed by atoms with E-state index in [0.717, 1.165) is 28.7 Å². The molecule has 0 saturated heterocycles. The summed E-state index contributed by atoms with van der Waals surface area (Å²) < 4.78 is 1.02. The van der Waals surface area contributed by atoms with Crippen molar-refractivity contribution in [2.45, 2.75) is 18.8 Å². The zero-order valence-corrected chi connectivity index (χ0v) is 9.75. The first kappa shape index (κ1) is 10.5. The predicted molar refractivity (Wildman–Crippen MR) is 62.2 cm³/mol. The van der Waals surface area contributed by atoms with Gasteiger partial charge in [-0.3, -0.25) is 4.79 Å². The summed E-state index contributed by atoms with van der Waals surface area (Å²) in [7, 11) is 0. The Morgan fingerprint density at radius 1 is 1.60 bits per heavy atom. The van der Waals surface area contributed by atoms with Crippen LogP contribution in [0.25, 0.3) is 0 Å². The number of carboxylic acids is 1. The van der Waals surface area contributed by atoms with Crippen molar-refractivity contribution in [2.75, 3.05) is 11.9 Å². The lowest BCUT2D eigenvalue weighted by Crippen LogP contribution is -2.18. The summed E-state index contributed by atoms with van der Waals surface area (Å²) in [5.41, 5.74) is 2.17. The molecular weight excluding hydrogens is 258 g/mol. The molecule has 0 bridgehead atoms. The predicted octanol–water partition coefficient (Wildman–Crippen LogP) is 2.82. The van der Waals surface area contributed by atoms with Gasteiger partial charge in [-0.15, -0.1) is 0 Å². The fraction of sp³-hybridized carbons (Fsp3) is 0.364. The molecule has 0 fully saturated rings. The summed E-state index contributed by atoms with van der Waals surface area (Å²) in [6.45, 7) is 0.849. The van der Waals surface area contributed by atoms with Gasteiger partial charge in [0.25, 0.3) is 0 Å². The standard InChI is InChI=1S/C11H12BrNO2/c12-8-1-2-9-7(5-11(14)15)3-4-13-10(9)6-8/h1-2,6-7,13H,3-5H2,(H,14,15). The summed E-state index contributed by atoms with van der Waals surface area (Å²) in [5, 5.41) is 12.1. The molecule has 0 amide bonds. The number of halogens is 1. The number of hydrogen-bond acceptors (Lipinski definition) is 2. The highest BCUT2D eigenvalue weighted by molar-refractivity contribution is 9.10. The summed E-state index contributed by atoms with van der Waals surface area (Å²) >= 11 is 3.40. The Labute approximate surface area is 96.6 Å². The Morgan fingerprint density at radius 3 is 3.13 bits per heavy atom.